The number of imidazole rings is 1. The topological polar surface area (TPSA) is 74.0 Å². The number of aryl methyl sites for hydroxylation is 1. The van der Waals surface area contributed by atoms with Gasteiger partial charge in [-0.15, -0.1) is 0 Å². The summed E-state index contributed by atoms with van der Waals surface area (Å²) in [6.45, 7) is 0. The summed E-state index contributed by atoms with van der Waals surface area (Å²) in [6.07, 6.45) is 4.94. The second-order valence-corrected chi connectivity index (χ2v) is 5.83. The Labute approximate surface area is 137 Å². The summed E-state index contributed by atoms with van der Waals surface area (Å²) in [4.78, 5) is 19.1. The van der Waals surface area contributed by atoms with Crippen LogP contribution < -0.4 is 9.99 Å². The number of hydrogen-bond donors (Lipinski definition) is 2. The van der Waals surface area contributed by atoms with Crippen molar-refractivity contribution >= 4 is 34.9 Å². The quantitative estimate of drug-likeness (QED) is 0.324. The van der Waals surface area contributed by atoms with Crippen LogP contribution in [0, 0.1) is 0 Å². The van der Waals surface area contributed by atoms with E-state index < -0.39 is 0 Å². The van der Waals surface area contributed by atoms with Gasteiger partial charge in [-0.1, -0.05) is 12.1 Å². The molecule has 1 amide bonds. The van der Waals surface area contributed by atoms with Gasteiger partial charge in [-0.25, -0.2) is 15.0 Å². The number of carbonyl (C=O) groups excluding carboxylic acids is 1. The molecule has 0 saturated heterocycles. The van der Waals surface area contributed by atoms with Gasteiger partial charge in [0, 0.05) is 12.4 Å². The van der Waals surface area contributed by atoms with Crippen LogP contribution in [0.15, 0.2) is 59.0 Å². The van der Waals surface area contributed by atoms with Crippen LogP contribution in [-0.2, 0) is 11.8 Å². The Bertz CT molecular complexity index is 844. The molecule has 2 heterocycles. The maximum Gasteiger partial charge on any atom is 0.317 e. The molecule has 0 aliphatic carbocycles. The molecule has 116 valence electrons. The molecule has 23 heavy (non-hydrogen) atoms. The minimum absolute atomic E-state index is 0.154. The Morgan fingerprint density at radius 2 is 2.13 bits per heavy atom. The summed E-state index contributed by atoms with van der Waals surface area (Å²) in [5.41, 5.74) is 5.56. The van der Waals surface area contributed by atoms with Crippen molar-refractivity contribution in [2.45, 2.75) is 5.16 Å². The zero-order chi connectivity index (χ0) is 16.1. The van der Waals surface area contributed by atoms with Crippen LogP contribution in [-0.4, -0.2) is 27.8 Å². The number of hydrazone groups is 1. The molecular formula is C16H16N5OS+. The Morgan fingerprint density at radius 3 is 2.91 bits per heavy atom. The van der Waals surface area contributed by atoms with Gasteiger partial charge in [0.15, 0.2) is 11.0 Å². The summed E-state index contributed by atoms with van der Waals surface area (Å²) < 4.78 is 2.04. The van der Waals surface area contributed by atoms with Gasteiger partial charge < -0.3 is 0 Å². The summed E-state index contributed by atoms with van der Waals surface area (Å²) in [5.74, 6) is 0.132. The van der Waals surface area contributed by atoms with Gasteiger partial charge in [0.1, 0.15) is 0 Å². The standard InChI is InChI=1S/C16H15N5OS/c1-21-14-5-3-2-4-13(14)19-16(21)23-11-15(22)20-18-10-12-6-8-17-9-7-12/h2-10H,11H2,1H3,(H,17,20,22)/p+1. The van der Waals surface area contributed by atoms with Gasteiger partial charge in [-0.2, -0.15) is 5.10 Å². The number of para-hydroxylation sites is 2. The van der Waals surface area contributed by atoms with Crippen molar-refractivity contribution in [3.8, 4) is 0 Å². The first-order valence-corrected chi connectivity index (χ1v) is 8.04. The third-order valence-electron chi connectivity index (χ3n) is 3.26. The smallest absolute Gasteiger partial charge is 0.272 e. The number of carbonyl (C=O) groups is 1. The molecule has 0 atom stereocenters. The summed E-state index contributed by atoms with van der Waals surface area (Å²) in [5, 5.41) is 4.87. The molecule has 0 radical (unpaired) electrons. The number of rotatable bonds is 5. The van der Waals surface area contributed by atoms with Crippen LogP contribution in [0.1, 0.15) is 5.56 Å². The average molecular weight is 326 g/mol. The monoisotopic (exact) mass is 326 g/mol. The molecule has 0 unspecified atom stereocenters. The van der Waals surface area contributed by atoms with E-state index in [0.717, 1.165) is 21.8 Å². The van der Waals surface area contributed by atoms with Crippen molar-refractivity contribution in [1.29, 1.82) is 0 Å². The highest BCUT2D eigenvalue weighted by atomic mass is 32.2. The van der Waals surface area contributed by atoms with E-state index >= 15 is 0 Å². The molecular weight excluding hydrogens is 310 g/mol. The summed E-state index contributed by atoms with van der Waals surface area (Å²) in [6, 6.07) is 11.6. The number of pyridine rings is 1. The maximum absolute atomic E-state index is 11.9. The lowest BCUT2D eigenvalue weighted by molar-refractivity contribution is -0.683. The molecule has 0 aliphatic rings. The van der Waals surface area contributed by atoms with Gasteiger partial charge in [-0.3, -0.25) is 9.78 Å². The number of nitrogens with zero attached hydrogens (tertiary/aromatic N) is 3. The second-order valence-electron chi connectivity index (χ2n) is 4.87. The van der Waals surface area contributed by atoms with Crippen LogP contribution in [0.3, 0.4) is 0 Å². The molecule has 0 fully saturated rings. The van der Waals surface area contributed by atoms with E-state index in [0.29, 0.717) is 0 Å². The lowest BCUT2D eigenvalue weighted by Crippen LogP contribution is -2.30. The predicted octanol–water partition coefficient (Wildman–Crippen LogP) is 1.63. The van der Waals surface area contributed by atoms with Gasteiger partial charge in [0.2, 0.25) is 0 Å². The zero-order valence-electron chi connectivity index (χ0n) is 12.6. The fourth-order valence-corrected chi connectivity index (χ4v) is 2.91. The van der Waals surface area contributed by atoms with Gasteiger partial charge in [0.25, 0.3) is 5.91 Å². The summed E-state index contributed by atoms with van der Waals surface area (Å²) >= 11 is 1.44. The third-order valence-corrected chi connectivity index (χ3v) is 4.32. The minimum Gasteiger partial charge on any atom is -0.272 e. The number of aromatic nitrogens is 3. The van der Waals surface area contributed by atoms with E-state index in [1.165, 1.54) is 11.8 Å². The van der Waals surface area contributed by atoms with E-state index in [-0.39, 0.29) is 11.7 Å². The number of aromatic amines is 1. The number of amides is 1. The summed E-state index contributed by atoms with van der Waals surface area (Å²) in [7, 11) is 1.97. The van der Waals surface area contributed by atoms with Gasteiger partial charge in [0.05, 0.1) is 19.0 Å². The van der Waals surface area contributed by atoms with Crippen LogP contribution >= 0.6 is 11.8 Å². The largest absolute Gasteiger partial charge is 0.317 e. The van der Waals surface area contributed by atoms with Crippen LogP contribution in [0.2, 0.25) is 0 Å². The van der Waals surface area contributed by atoms with Crippen molar-refractivity contribution in [2.24, 2.45) is 12.1 Å². The number of hydrogen-bond acceptors (Lipinski definition) is 4. The van der Waals surface area contributed by atoms with E-state index in [1.807, 2.05) is 48.0 Å². The van der Waals surface area contributed by atoms with Crippen molar-refractivity contribution in [1.82, 2.24) is 15.4 Å². The molecule has 0 bridgehead atoms. The lowest BCUT2D eigenvalue weighted by Gasteiger charge is -1.97. The van der Waals surface area contributed by atoms with Gasteiger partial charge >= 0.3 is 5.16 Å². The van der Waals surface area contributed by atoms with E-state index in [1.54, 1.807) is 18.6 Å². The highest BCUT2D eigenvalue weighted by Gasteiger charge is 2.16. The van der Waals surface area contributed by atoms with Crippen LogP contribution in [0.25, 0.3) is 11.0 Å². The molecule has 0 spiro atoms. The zero-order valence-corrected chi connectivity index (χ0v) is 13.4. The molecule has 2 N–H and O–H groups in total. The predicted molar refractivity (Wildman–Crippen MR) is 90.2 cm³/mol. The Morgan fingerprint density at radius 1 is 1.35 bits per heavy atom. The maximum atomic E-state index is 11.9. The first kappa shape index (κ1) is 15.2. The first-order chi connectivity index (χ1) is 11.2. The van der Waals surface area contributed by atoms with Gasteiger partial charge in [-0.05, 0) is 41.6 Å². The van der Waals surface area contributed by atoms with Crippen LogP contribution in [0.5, 0.6) is 0 Å². The second kappa shape index (κ2) is 7.06. The Balaban J connectivity index is 1.56. The normalized spacial score (nSPS) is 11.2. The Hall–Kier alpha value is -2.67. The molecule has 2 aromatic heterocycles. The molecule has 3 aromatic rings. The number of fused-ring (bicyclic) bond motifs is 1. The van der Waals surface area contributed by atoms with Crippen molar-refractivity contribution in [2.75, 3.05) is 5.75 Å². The fourth-order valence-electron chi connectivity index (χ4n) is 2.11. The first-order valence-electron chi connectivity index (χ1n) is 7.05. The highest BCUT2D eigenvalue weighted by Crippen LogP contribution is 2.16. The molecule has 7 heteroatoms. The molecule has 0 saturated carbocycles. The average Bonchev–Trinajstić information content (AvgIpc) is 2.90. The third kappa shape index (κ3) is 3.75. The van der Waals surface area contributed by atoms with Crippen molar-refractivity contribution in [3.05, 3.63) is 54.4 Å². The Kier molecular flexibility index (Phi) is 4.68. The van der Waals surface area contributed by atoms with Crippen LogP contribution in [0.4, 0.5) is 0 Å². The fraction of sp³-hybridized carbons (Fsp3) is 0.125. The molecule has 3 rings (SSSR count). The molecule has 6 nitrogen and oxygen atoms in total. The molecule has 1 aromatic carbocycles. The van der Waals surface area contributed by atoms with E-state index in [2.05, 4.69) is 20.5 Å². The van der Waals surface area contributed by atoms with Crippen molar-refractivity contribution < 1.29 is 9.36 Å². The minimum atomic E-state index is -0.154. The molecule has 0 aliphatic heterocycles. The number of thioether (sulfide) groups is 1. The number of benzene rings is 1. The lowest BCUT2D eigenvalue weighted by atomic mass is 10.3. The van der Waals surface area contributed by atoms with E-state index in [9.17, 15) is 4.79 Å². The SMILES string of the molecule is C[n+]1c(SCC(=O)NN=Cc2ccncc2)[nH]c2ccccc21. The number of H-pyrrole nitrogens is 1. The number of nitrogens with one attached hydrogen (secondary N) is 2. The highest BCUT2D eigenvalue weighted by molar-refractivity contribution is 7.99. The van der Waals surface area contributed by atoms with Crippen molar-refractivity contribution in [3.63, 3.8) is 0 Å². The van der Waals surface area contributed by atoms with E-state index in [4.69, 9.17) is 0 Å².